The van der Waals surface area contributed by atoms with E-state index >= 15 is 0 Å². The van der Waals surface area contributed by atoms with Gasteiger partial charge in [-0.25, -0.2) is 19.0 Å². The Morgan fingerprint density at radius 3 is 2.73 bits per heavy atom. The Morgan fingerprint density at radius 2 is 2.00 bits per heavy atom. The van der Waals surface area contributed by atoms with Crippen LogP contribution in [0.4, 0.5) is 10.2 Å². The fourth-order valence-corrected chi connectivity index (χ4v) is 2.37. The second-order valence-electron chi connectivity index (χ2n) is 5.30. The Labute approximate surface area is 147 Å². The largest absolute Gasteiger partial charge is 0.461 e. The summed E-state index contributed by atoms with van der Waals surface area (Å²) in [6, 6.07) is 12.4. The van der Waals surface area contributed by atoms with Crippen LogP contribution in [-0.2, 0) is 0 Å². The smallest absolute Gasteiger partial charge is 0.259 e. The van der Waals surface area contributed by atoms with Crippen molar-refractivity contribution in [2.24, 2.45) is 0 Å². The molecule has 0 aliphatic heterocycles. The molecule has 26 heavy (non-hydrogen) atoms. The fourth-order valence-electron chi connectivity index (χ4n) is 2.37. The maximum atomic E-state index is 13.8. The number of benzene rings is 1. The van der Waals surface area contributed by atoms with E-state index in [9.17, 15) is 9.18 Å². The molecular weight excluding hydrogens is 337 g/mol. The van der Waals surface area contributed by atoms with Gasteiger partial charge in [-0.15, -0.1) is 0 Å². The standard InChI is InChI=1S/C18H12FN5O2/c19-13-6-2-1-5-12(13)18(25)22-15-11-16(24-9-4-8-20-24)23-17(21-15)14-7-3-10-26-14/h1-11H,(H,21,22,23,25). The first kappa shape index (κ1) is 15.7. The highest BCUT2D eigenvalue weighted by atomic mass is 19.1. The number of furan rings is 1. The van der Waals surface area contributed by atoms with Gasteiger partial charge in [0.15, 0.2) is 17.4 Å². The minimum Gasteiger partial charge on any atom is -0.461 e. The van der Waals surface area contributed by atoms with E-state index in [0.717, 1.165) is 0 Å². The van der Waals surface area contributed by atoms with Crippen LogP contribution in [0.1, 0.15) is 10.4 Å². The average molecular weight is 349 g/mol. The lowest BCUT2D eigenvalue weighted by Crippen LogP contribution is -2.15. The third kappa shape index (κ3) is 3.07. The Kier molecular flexibility index (Phi) is 3.98. The van der Waals surface area contributed by atoms with Crippen LogP contribution in [0, 0.1) is 5.82 Å². The van der Waals surface area contributed by atoms with Gasteiger partial charge in [0.1, 0.15) is 11.6 Å². The highest BCUT2D eigenvalue weighted by molar-refractivity contribution is 6.04. The Balaban J connectivity index is 1.73. The number of rotatable bonds is 4. The molecule has 3 heterocycles. The average Bonchev–Trinajstić information content (AvgIpc) is 3.35. The molecule has 0 aliphatic carbocycles. The first-order valence-electron chi connectivity index (χ1n) is 7.69. The molecule has 4 aromatic rings. The van der Waals surface area contributed by atoms with Gasteiger partial charge >= 0.3 is 0 Å². The summed E-state index contributed by atoms with van der Waals surface area (Å²) in [5, 5.41) is 6.72. The monoisotopic (exact) mass is 349 g/mol. The van der Waals surface area contributed by atoms with Crippen molar-refractivity contribution in [2.45, 2.75) is 0 Å². The van der Waals surface area contributed by atoms with Crippen LogP contribution in [-0.4, -0.2) is 25.7 Å². The summed E-state index contributed by atoms with van der Waals surface area (Å²) in [6.45, 7) is 0. The fraction of sp³-hybridized carbons (Fsp3) is 0. The molecule has 0 radical (unpaired) electrons. The normalized spacial score (nSPS) is 10.7. The van der Waals surface area contributed by atoms with Gasteiger partial charge in [0.2, 0.25) is 0 Å². The van der Waals surface area contributed by atoms with Gasteiger partial charge < -0.3 is 9.73 Å². The van der Waals surface area contributed by atoms with E-state index in [4.69, 9.17) is 4.42 Å². The van der Waals surface area contributed by atoms with Gasteiger partial charge in [-0.1, -0.05) is 12.1 Å². The van der Waals surface area contributed by atoms with E-state index in [1.165, 1.54) is 35.2 Å². The van der Waals surface area contributed by atoms with Crippen molar-refractivity contribution in [3.05, 3.63) is 78.6 Å². The molecule has 8 heteroatoms. The van der Waals surface area contributed by atoms with Crippen molar-refractivity contribution in [1.29, 1.82) is 0 Å². The maximum Gasteiger partial charge on any atom is 0.259 e. The molecule has 3 aromatic heterocycles. The summed E-state index contributed by atoms with van der Waals surface area (Å²) >= 11 is 0. The Bertz CT molecular complexity index is 993. The molecule has 1 amide bonds. The van der Waals surface area contributed by atoms with Gasteiger partial charge in [0.05, 0.1) is 11.8 Å². The summed E-state index contributed by atoms with van der Waals surface area (Å²) in [5.41, 5.74) is -0.0775. The van der Waals surface area contributed by atoms with Gasteiger partial charge in [-0.2, -0.15) is 5.10 Å². The number of halogens is 1. The van der Waals surface area contributed by atoms with E-state index in [0.29, 0.717) is 11.6 Å². The van der Waals surface area contributed by atoms with Crippen LogP contribution in [0.2, 0.25) is 0 Å². The molecule has 0 saturated carbocycles. The molecule has 0 fully saturated rings. The first-order valence-corrected chi connectivity index (χ1v) is 7.69. The maximum absolute atomic E-state index is 13.8. The lowest BCUT2D eigenvalue weighted by atomic mass is 10.2. The Hall–Kier alpha value is -3.81. The lowest BCUT2D eigenvalue weighted by molar-refractivity contribution is 0.102. The second-order valence-corrected chi connectivity index (χ2v) is 5.30. The molecule has 1 aromatic carbocycles. The second kappa shape index (κ2) is 6.60. The summed E-state index contributed by atoms with van der Waals surface area (Å²) < 4.78 is 20.7. The van der Waals surface area contributed by atoms with Gasteiger partial charge in [0, 0.05) is 18.5 Å². The first-order chi connectivity index (χ1) is 12.7. The Morgan fingerprint density at radius 1 is 1.12 bits per heavy atom. The number of nitrogens with one attached hydrogen (secondary N) is 1. The summed E-state index contributed by atoms with van der Waals surface area (Å²) in [6.07, 6.45) is 4.81. The van der Waals surface area contributed by atoms with Gasteiger partial charge in [0.25, 0.3) is 5.91 Å². The molecule has 0 unspecified atom stereocenters. The van der Waals surface area contributed by atoms with Gasteiger partial charge in [-0.05, 0) is 30.3 Å². The number of carbonyl (C=O) groups excluding carboxylic acids is 1. The van der Waals surface area contributed by atoms with Crippen molar-refractivity contribution in [2.75, 3.05) is 5.32 Å². The third-order valence-corrected chi connectivity index (χ3v) is 3.55. The quantitative estimate of drug-likeness (QED) is 0.611. The molecule has 128 valence electrons. The van der Waals surface area contributed by atoms with Crippen LogP contribution < -0.4 is 5.32 Å². The number of nitrogens with zero attached hydrogens (tertiary/aromatic N) is 4. The highest BCUT2D eigenvalue weighted by Gasteiger charge is 2.15. The van der Waals surface area contributed by atoms with Crippen molar-refractivity contribution >= 4 is 11.7 Å². The highest BCUT2D eigenvalue weighted by Crippen LogP contribution is 2.20. The zero-order valence-corrected chi connectivity index (χ0v) is 13.3. The number of hydrogen-bond donors (Lipinski definition) is 1. The van der Waals surface area contributed by atoms with Crippen LogP contribution >= 0.6 is 0 Å². The SMILES string of the molecule is O=C(Nc1cc(-n2cccn2)nc(-c2ccco2)n1)c1ccccc1F. The number of anilines is 1. The minimum atomic E-state index is -0.613. The number of aromatic nitrogens is 4. The summed E-state index contributed by atoms with van der Waals surface area (Å²) in [5.74, 6) is 0.105. The summed E-state index contributed by atoms with van der Waals surface area (Å²) in [4.78, 5) is 21.0. The zero-order valence-electron chi connectivity index (χ0n) is 13.3. The van der Waals surface area contributed by atoms with Gasteiger partial charge in [-0.3, -0.25) is 4.79 Å². The molecule has 4 rings (SSSR count). The molecule has 0 atom stereocenters. The molecule has 0 spiro atoms. The predicted molar refractivity (Wildman–Crippen MR) is 91.2 cm³/mol. The van der Waals surface area contributed by atoms with E-state index in [1.54, 1.807) is 36.7 Å². The number of hydrogen-bond acceptors (Lipinski definition) is 5. The minimum absolute atomic E-state index is 0.0775. The van der Waals surface area contributed by atoms with E-state index in [2.05, 4.69) is 20.4 Å². The van der Waals surface area contributed by atoms with Crippen molar-refractivity contribution in [3.8, 4) is 17.4 Å². The molecule has 7 nitrogen and oxygen atoms in total. The van der Waals surface area contributed by atoms with E-state index in [-0.39, 0.29) is 17.2 Å². The zero-order chi connectivity index (χ0) is 17.9. The van der Waals surface area contributed by atoms with Crippen LogP contribution in [0.25, 0.3) is 17.4 Å². The van der Waals surface area contributed by atoms with Crippen LogP contribution in [0.3, 0.4) is 0 Å². The van der Waals surface area contributed by atoms with E-state index < -0.39 is 11.7 Å². The molecule has 0 saturated heterocycles. The van der Waals surface area contributed by atoms with Crippen molar-refractivity contribution < 1.29 is 13.6 Å². The van der Waals surface area contributed by atoms with E-state index in [1.807, 2.05) is 0 Å². The molecule has 0 bridgehead atoms. The van der Waals surface area contributed by atoms with Crippen LogP contribution in [0.15, 0.2) is 71.6 Å². The number of carbonyl (C=O) groups is 1. The molecule has 1 N–H and O–H groups in total. The summed E-state index contributed by atoms with van der Waals surface area (Å²) in [7, 11) is 0. The lowest BCUT2D eigenvalue weighted by Gasteiger charge is -2.09. The van der Waals surface area contributed by atoms with Crippen molar-refractivity contribution in [1.82, 2.24) is 19.7 Å². The third-order valence-electron chi connectivity index (χ3n) is 3.55. The number of amides is 1. The molecular formula is C18H12FN5O2. The van der Waals surface area contributed by atoms with Crippen molar-refractivity contribution in [3.63, 3.8) is 0 Å². The topological polar surface area (TPSA) is 85.8 Å². The molecule has 0 aliphatic rings. The van der Waals surface area contributed by atoms with Crippen LogP contribution in [0.5, 0.6) is 0 Å². The predicted octanol–water partition coefficient (Wildman–Crippen LogP) is 3.31.